The number of ether oxygens (including phenoxy) is 1. The molecule has 7 nitrogen and oxygen atoms in total. The number of carboxylic acid groups (broad SMARTS) is 1. The van der Waals surface area contributed by atoms with E-state index in [1.54, 1.807) is 0 Å². The summed E-state index contributed by atoms with van der Waals surface area (Å²) in [7, 11) is 0. The molecule has 0 amide bonds. The summed E-state index contributed by atoms with van der Waals surface area (Å²) >= 11 is 0. The molecule has 18 heavy (non-hydrogen) atoms. The molecule has 10 heteroatoms. The second kappa shape index (κ2) is 4.47. The van der Waals surface area contributed by atoms with Gasteiger partial charge in [-0.25, -0.2) is 9.78 Å². The van der Waals surface area contributed by atoms with Gasteiger partial charge < -0.3 is 9.84 Å². The standard InChI is InChI=1S/C8H5F3N2O5/c1-3-6(18-8(9,10)11)5(13(16)17)2-4(12-3)7(14)15/h2H,1H3,(H,14,15). The minimum Gasteiger partial charge on any atom is -0.477 e. The lowest BCUT2D eigenvalue weighted by molar-refractivity contribution is -0.388. The van der Waals surface area contributed by atoms with Crippen molar-refractivity contribution in [1.29, 1.82) is 0 Å². The predicted octanol–water partition coefficient (Wildman–Crippen LogP) is 1.90. The lowest BCUT2D eigenvalue weighted by Crippen LogP contribution is -2.19. The van der Waals surface area contributed by atoms with E-state index in [0.717, 1.165) is 6.92 Å². The van der Waals surface area contributed by atoms with Crippen molar-refractivity contribution < 1.29 is 32.7 Å². The van der Waals surface area contributed by atoms with E-state index in [4.69, 9.17) is 5.11 Å². The number of nitro groups is 1. The summed E-state index contributed by atoms with van der Waals surface area (Å²) in [6, 6.07) is 0.399. The van der Waals surface area contributed by atoms with Gasteiger partial charge in [0.1, 0.15) is 0 Å². The van der Waals surface area contributed by atoms with Crippen molar-refractivity contribution in [3.63, 3.8) is 0 Å². The summed E-state index contributed by atoms with van der Waals surface area (Å²) < 4.78 is 39.6. The van der Waals surface area contributed by atoms with Crippen LogP contribution < -0.4 is 4.74 Å². The van der Waals surface area contributed by atoms with Crippen molar-refractivity contribution >= 4 is 11.7 Å². The number of carboxylic acids is 1. The first-order valence-corrected chi connectivity index (χ1v) is 4.27. The first-order chi connectivity index (χ1) is 8.11. The van der Waals surface area contributed by atoms with Crippen molar-refractivity contribution in [2.45, 2.75) is 13.3 Å². The van der Waals surface area contributed by atoms with E-state index < -0.39 is 40.1 Å². The molecular weight excluding hydrogens is 261 g/mol. The number of hydrogen-bond donors (Lipinski definition) is 1. The topological polar surface area (TPSA) is 103 Å². The van der Waals surface area contributed by atoms with Crippen LogP contribution in [0.1, 0.15) is 16.2 Å². The average Bonchev–Trinajstić information content (AvgIpc) is 2.18. The summed E-state index contributed by atoms with van der Waals surface area (Å²) in [5.41, 5.74) is -2.40. The molecule has 1 aromatic rings. The smallest absolute Gasteiger partial charge is 0.477 e. The molecule has 98 valence electrons. The minimum absolute atomic E-state index is 0.399. The number of aryl methyl sites for hydroxylation is 1. The Balaban J connectivity index is 3.41. The minimum atomic E-state index is -5.14. The summed E-state index contributed by atoms with van der Waals surface area (Å²) in [4.78, 5) is 23.2. The van der Waals surface area contributed by atoms with Crippen LogP contribution in [0, 0.1) is 17.0 Å². The summed E-state index contributed by atoms with van der Waals surface area (Å²) in [6.45, 7) is 0.973. The van der Waals surface area contributed by atoms with Crippen LogP contribution in [0.5, 0.6) is 5.75 Å². The third-order valence-electron chi connectivity index (χ3n) is 1.76. The average molecular weight is 266 g/mol. The third kappa shape index (κ3) is 3.06. The van der Waals surface area contributed by atoms with E-state index in [1.807, 2.05) is 0 Å². The Kier molecular flexibility index (Phi) is 3.39. The van der Waals surface area contributed by atoms with E-state index in [1.165, 1.54) is 0 Å². The Morgan fingerprint density at radius 3 is 2.50 bits per heavy atom. The van der Waals surface area contributed by atoms with Gasteiger partial charge in [0.25, 0.3) is 0 Å². The Bertz CT molecular complexity index is 514. The Morgan fingerprint density at radius 1 is 1.56 bits per heavy atom. The van der Waals surface area contributed by atoms with Gasteiger partial charge in [-0.1, -0.05) is 0 Å². The number of aromatic nitrogens is 1. The first-order valence-electron chi connectivity index (χ1n) is 4.27. The van der Waals surface area contributed by atoms with Gasteiger partial charge in [-0.05, 0) is 6.92 Å². The molecule has 1 rings (SSSR count). The molecule has 1 N–H and O–H groups in total. The van der Waals surface area contributed by atoms with Gasteiger partial charge in [-0.3, -0.25) is 10.1 Å². The van der Waals surface area contributed by atoms with Crippen LogP contribution in [-0.4, -0.2) is 27.3 Å². The van der Waals surface area contributed by atoms with E-state index in [9.17, 15) is 28.1 Å². The van der Waals surface area contributed by atoms with Crippen molar-refractivity contribution in [2.24, 2.45) is 0 Å². The third-order valence-corrected chi connectivity index (χ3v) is 1.76. The lowest BCUT2D eigenvalue weighted by atomic mass is 10.2. The molecule has 0 unspecified atom stereocenters. The second-order valence-corrected chi connectivity index (χ2v) is 3.05. The van der Waals surface area contributed by atoms with Gasteiger partial charge in [-0.15, -0.1) is 13.2 Å². The molecule has 0 bridgehead atoms. The van der Waals surface area contributed by atoms with Crippen LogP contribution in [0.4, 0.5) is 18.9 Å². The zero-order valence-electron chi connectivity index (χ0n) is 8.69. The highest BCUT2D eigenvalue weighted by Gasteiger charge is 2.36. The van der Waals surface area contributed by atoms with Crippen molar-refractivity contribution in [2.75, 3.05) is 0 Å². The maximum absolute atomic E-state index is 12.0. The molecule has 0 aromatic carbocycles. The number of pyridine rings is 1. The fourth-order valence-corrected chi connectivity index (χ4v) is 1.13. The number of nitrogens with zero attached hydrogens (tertiary/aromatic N) is 2. The van der Waals surface area contributed by atoms with Gasteiger partial charge in [0.15, 0.2) is 5.69 Å². The van der Waals surface area contributed by atoms with Crippen molar-refractivity contribution in [3.8, 4) is 5.75 Å². The fourth-order valence-electron chi connectivity index (χ4n) is 1.13. The first kappa shape index (κ1) is 13.7. The highest BCUT2D eigenvalue weighted by atomic mass is 19.4. The van der Waals surface area contributed by atoms with Crippen LogP contribution >= 0.6 is 0 Å². The Hall–Kier alpha value is -2.39. The van der Waals surface area contributed by atoms with Crippen molar-refractivity contribution in [3.05, 3.63) is 27.6 Å². The largest absolute Gasteiger partial charge is 0.573 e. The number of halogens is 3. The molecule has 0 fully saturated rings. The quantitative estimate of drug-likeness (QED) is 0.662. The molecular formula is C8H5F3N2O5. The van der Waals surface area contributed by atoms with Crippen LogP contribution in [0.25, 0.3) is 0 Å². The molecule has 0 atom stereocenters. The maximum atomic E-state index is 12.0. The van der Waals surface area contributed by atoms with E-state index in [-0.39, 0.29) is 0 Å². The number of rotatable bonds is 3. The SMILES string of the molecule is Cc1nc(C(=O)O)cc([N+](=O)[O-])c1OC(F)(F)F. The highest BCUT2D eigenvalue weighted by molar-refractivity contribution is 5.86. The monoisotopic (exact) mass is 266 g/mol. The molecule has 0 saturated carbocycles. The van der Waals surface area contributed by atoms with E-state index in [2.05, 4.69) is 9.72 Å². The number of carbonyl (C=O) groups is 1. The van der Waals surface area contributed by atoms with E-state index >= 15 is 0 Å². The molecule has 0 radical (unpaired) electrons. The normalized spacial score (nSPS) is 11.1. The van der Waals surface area contributed by atoms with Gasteiger partial charge in [-0.2, -0.15) is 0 Å². The Morgan fingerprint density at radius 2 is 2.11 bits per heavy atom. The van der Waals surface area contributed by atoms with Crippen LogP contribution in [0.15, 0.2) is 6.07 Å². The van der Waals surface area contributed by atoms with Crippen LogP contribution in [0.2, 0.25) is 0 Å². The maximum Gasteiger partial charge on any atom is 0.573 e. The summed E-state index contributed by atoms with van der Waals surface area (Å²) in [6.07, 6.45) is -5.14. The van der Waals surface area contributed by atoms with Crippen LogP contribution in [0.3, 0.4) is 0 Å². The zero-order valence-corrected chi connectivity index (χ0v) is 8.69. The van der Waals surface area contributed by atoms with E-state index in [0.29, 0.717) is 6.07 Å². The zero-order chi connectivity index (χ0) is 14.1. The number of aromatic carboxylic acids is 1. The fraction of sp³-hybridized carbons (Fsp3) is 0.250. The Labute approximate surface area is 97.0 Å². The lowest BCUT2D eigenvalue weighted by Gasteiger charge is -2.11. The van der Waals surface area contributed by atoms with Gasteiger partial charge in [0.05, 0.1) is 16.7 Å². The number of alkyl halides is 3. The number of hydrogen-bond acceptors (Lipinski definition) is 5. The second-order valence-electron chi connectivity index (χ2n) is 3.05. The van der Waals surface area contributed by atoms with Crippen LogP contribution in [-0.2, 0) is 0 Å². The molecule has 0 aliphatic rings. The molecule has 0 aliphatic heterocycles. The van der Waals surface area contributed by atoms with Gasteiger partial charge in [0.2, 0.25) is 5.75 Å². The summed E-state index contributed by atoms with van der Waals surface area (Å²) in [5, 5.41) is 19.2. The molecule has 1 aromatic heterocycles. The predicted molar refractivity (Wildman–Crippen MR) is 49.3 cm³/mol. The molecule has 0 spiro atoms. The summed E-state index contributed by atoms with van der Waals surface area (Å²) in [5.74, 6) is -2.72. The molecule has 0 saturated heterocycles. The molecule has 1 heterocycles. The van der Waals surface area contributed by atoms with Gasteiger partial charge >= 0.3 is 18.0 Å². The molecule has 0 aliphatic carbocycles. The van der Waals surface area contributed by atoms with Gasteiger partial charge in [0, 0.05) is 0 Å². The van der Waals surface area contributed by atoms with Crippen molar-refractivity contribution in [1.82, 2.24) is 4.98 Å². The highest BCUT2D eigenvalue weighted by Crippen LogP contribution is 2.34.